The van der Waals surface area contributed by atoms with Crippen molar-refractivity contribution in [2.45, 2.75) is 19.3 Å². The number of aryl methyl sites for hydroxylation is 1. The first-order chi connectivity index (χ1) is 7.88. The molecule has 0 atom stereocenters. The van der Waals surface area contributed by atoms with E-state index in [4.69, 9.17) is 5.26 Å². The summed E-state index contributed by atoms with van der Waals surface area (Å²) in [6.45, 7) is 0.326. The van der Waals surface area contributed by atoms with Crippen LogP contribution in [0.5, 0.6) is 0 Å². The van der Waals surface area contributed by atoms with Gasteiger partial charge < -0.3 is 5.32 Å². The summed E-state index contributed by atoms with van der Waals surface area (Å²) in [6, 6.07) is 3.29. The molecule has 0 saturated carbocycles. The Kier molecular flexibility index (Phi) is 3.89. The van der Waals surface area contributed by atoms with Gasteiger partial charge in [0.1, 0.15) is 11.9 Å². The third-order valence-electron chi connectivity index (χ3n) is 2.08. The van der Waals surface area contributed by atoms with Gasteiger partial charge in [-0.2, -0.15) is 14.0 Å². The normalized spacial score (nSPS) is 11.4. The summed E-state index contributed by atoms with van der Waals surface area (Å²) < 4.78 is 49.1. The Morgan fingerprint density at radius 3 is 2.71 bits per heavy atom. The number of aromatic nitrogens is 1. The lowest BCUT2D eigenvalue weighted by molar-refractivity contribution is -0.117. The van der Waals surface area contributed by atoms with E-state index >= 15 is 0 Å². The van der Waals surface area contributed by atoms with Crippen molar-refractivity contribution >= 4 is 5.82 Å². The molecule has 0 radical (unpaired) electrons. The van der Waals surface area contributed by atoms with Gasteiger partial charge in [-0.05, 0) is 18.6 Å². The fourth-order valence-electron chi connectivity index (χ4n) is 1.11. The average molecular weight is 247 g/mol. The van der Waals surface area contributed by atoms with Gasteiger partial charge in [0.15, 0.2) is 0 Å². The lowest BCUT2D eigenvalue weighted by Gasteiger charge is -2.16. The van der Waals surface area contributed by atoms with Crippen LogP contribution in [-0.4, -0.2) is 23.9 Å². The first-order valence-electron chi connectivity index (χ1n) is 4.64. The molecule has 0 aliphatic carbocycles. The number of halogens is 4. The largest absolute Gasteiger partial charge is 0.363 e. The molecule has 1 N–H and O–H groups in total. The van der Waals surface area contributed by atoms with Gasteiger partial charge in [-0.1, -0.05) is 0 Å². The highest BCUT2D eigenvalue weighted by atomic mass is 19.3. The van der Waals surface area contributed by atoms with Crippen LogP contribution >= 0.6 is 0 Å². The molecule has 1 rings (SSSR count). The molecule has 92 valence electrons. The Hall–Kier alpha value is -1.84. The van der Waals surface area contributed by atoms with E-state index in [0.29, 0.717) is 5.56 Å². The SMILES string of the molecule is Cc1ccnc(NCC(F)(F)C(F)F)c1C#N. The van der Waals surface area contributed by atoms with E-state index in [-0.39, 0.29) is 11.4 Å². The molecule has 3 nitrogen and oxygen atoms in total. The third kappa shape index (κ3) is 3.06. The van der Waals surface area contributed by atoms with Crippen LogP contribution in [0.3, 0.4) is 0 Å². The van der Waals surface area contributed by atoms with Crippen LogP contribution in [-0.2, 0) is 0 Å². The predicted molar refractivity (Wildman–Crippen MR) is 53.1 cm³/mol. The minimum Gasteiger partial charge on any atom is -0.363 e. The summed E-state index contributed by atoms with van der Waals surface area (Å²) in [5, 5.41) is 10.8. The number of alkyl halides is 4. The molecule has 0 aliphatic heterocycles. The van der Waals surface area contributed by atoms with Crippen LogP contribution < -0.4 is 5.32 Å². The molecular weight excluding hydrogens is 238 g/mol. The van der Waals surface area contributed by atoms with E-state index < -0.39 is 18.9 Å². The average Bonchev–Trinajstić information content (AvgIpc) is 2.26. The van der Waals surface area contributed by atoms with Crippen LogP contribution in [0.2, 0.25) is 0 Å². The first kappa shape index (κ1) is 13.2. The minimum absolute atomic E-state index is 0.0672. The molecule has 17 heavy (non-hydrogen) atoms. The van der Waals surface area contributed by atoms with Crippen LogP contribution in [0.15, 0.2) is 12.3 Å². The maximum absolute atomic E-state index is 12.6. The molecule has 0 fully saturated rings. The summed E-state index contributed by atoms with van der Waals surface area (Å²) in [5.74, 6) is -4.27. The Balaban J connectivity index is 2.84. The van der Waals surface area contributed by atoms with E-state index in [1.165, 1.54) is 12.3 Å². The molecule has 0 unspecified atom stereocenters. The summed E-state index contributed by atoms with van der Waals surface area (Å²) >= 11 is 0. The number of pyridine rings is 1. The highest BCUT2D eigenvalue weighted by Gasteiger charge is 2.40. The fourth-order valence-corrected chi connectivity index (χ4v) is 1.11. The highest BCUT2D eigenvalue weighted by molar-refractivity contribution is 5.55. The minimum atomic E-state index is -4.15. The van der Waals surface area contributed by atoms with Gasteiger partial charge in [0.05, 0.1) is 12.1 Å². The quantitative estimate of drug-likeness (QED) is 0.832. The number of nitrogens with one attached hydrogen (secondary N) is 1. The van der Waals surface area contributed by atoms with E-state index in [1.54, 1.807) is 13.0 Å². The molecule has 0 spiro atoms. The lowest BCUT2D eigenvalue weighted by Crippen LogP contribution is -2.35. The number of nitriles is 1. The second-order valence-electron chi connectivity index (χ2n) is 3.38. The lowest BCUT2D eigenvalue weighted by atomic mass is 10.1. The van der Waals surface area contributed by atoms with Crippen molar-refractivity contribution in [1.29, 1.82) is 5.26 Å². The first-order valence-corrected chi connectivity index (χ1v) is 4.64. The standard InChI is InChI=1S/C10H9F4N3/c1-6-2-3-16-8(7(6)4-15)17-5-10(13,14)9(11)12/h2-3,9H,5H2,1H3,(H,16,17). The van der Waals surface area contributed by atoms with Crippen molar-refractivity contribution < 1.29 is 17.6 Å². The monoisotopic (exact) mass is 247 g/mol. The molecular formula is C10H9F4N3. The second kappa shape index (κ2) is 4.99. The summed E-state index contributed by atoms with van der Waals surface area (Å²) in [7, 11) is 0. The smallest absolute Gasteiger partial charge is 0.324 e. The van der Waals surface area contributed by atoms with E-state index in [0.717, 1.165) is 0 Å². The fraction of sp³-hybridized carbons (Fsp3) is 0.400. The second-order valence-corrected chi connectivity index (χ2v) is 3.38. The number of rotatable bonds is 4. The molecule has 7 heteroatoms. The molecule has 0 bridgehead atoms. The van der Waals surface area contributed by atoms with Crippen molar-refractivity contribution in [3.63, 3.8) is 0 Å². The third-order valence-corrected chi connectivity index (χ3v) is 2.08. The zero-order valence-electron chi connectivity index (χ0n) is 8.85. The molecule has 1 aromatic rings. The molecule has 1 heterocycles. The molecule has 1 aromatic heterocycles. The molecule has 0 amide bonds. The Bertz CT molecular complexity index is 440. The highest BCUT2D eigenvalue weighted by Crippen LogP contribution is 2.24. The van der Waals surface area contributed by atoms with Gasteiger partial charge in [0, 0.05) is 6.20 Å². The summed E-state index contributed by atoms with van der Waals surface area (Å²) in [4.78, 5) is 3.66. The van der Waals surface area contributed by atoms with E-state index in [2.05, 4.69) is 10.3 Å². The van der Waals surface area contributed by atoms with Gasteiger partial charge >= 0.3 is 12.3 Å². The van der Waals surface area contributed by atoms with Gasteiger partial charge in [-0.3, -0.25) is 0 Å². The van der Waals surface area contributed by atoms with Gasteiger partial charge in [-0.25, -0.2) is 13.8 Å². The molecule has 0 saturated heterocycles. The van der Waals surface area contributed by atoms with Crippen molar-refractivity contribution in [3.05, 3.63) is 23.4 Å². The zero-order chi connectivity index (χ0) is 13.1. The maximum Gasteiger partial charge on any atom is 0.324 e. The van der Waals surface area contributed by atoms with Crippen LogP contribution in [0, 0.1) is 18.3 Å². The number of nitrogens with zero attached hydrogens (tertiary/aromatic N) is 2. The number of anilines is 1. The topological polar surface area (TPSA) is 48.7 Å². The van der Waals surface area contributed by atoms with Crippen LogP contribution in [0.4, 0.5) is 23.4 Å². The van der Waals surface area contributed by atoms with Crippen LogP contribution in [0.1, 0.15) is 11.1 Å². The van der Waals surface area contributed by atoms with Gasteiger partial charge in [0.2, 0.25) is 0 Å². The zero-order valence-corrected chi connectivity index (χ0v) is 8.85. The molecule has 0 aliphatic rings. The molecule has 0 aromatic carbocycles. The summed E-state index contributed by atoms with van der Waals surface area (Å²) in [6.07, 6.45) is -2.45. The Morgan fingerprint density at radius 1 is 1.53 bits per heavy atom. The number of hydrogen-bond donors (Lipinski definition) is 1. The van der Waals surface area contributed by atoms with E-state index in [9.17, 15) is 17.6 Å². The van der Waals surface area contributed by atoms with Gasteiger partial charge in [-0.15, -0.1) is 0 Å². The summed E-state index contributed by atoms with van der Waals surface area (Å²) in [5.41, 5.74) is 0.600. The maximum atomic E-state index is 12.6. The van der Waals surface area contributed by atoms with Crippen molar-refractivity contribution in [2.75, 3.05) is 11.9 Å². The van der Waals surface area contributed by atoms with Crippen LogP contribution in [0.25, 0.3) is 0 Å². The van der Waals surface area contributed by atoms with Crippen molar-refractivity contribution in [1.82, 2.24) is 4.98 Å². The Morgan fingerprint density at radius 2 is 2.18 bits per heavy atom. The van der Waals surface area contributed by atoms with Gasteiger partial charge in [0.25, 0.3) is 0 Å². The van der Waals surface area contributed by atoms with E-state index in [1.807, 2.05) is 0 Å². The van der Waals surface area contributed by atoms with Crippen molar-refractivity contribution in [2.24, 2.45) is 0 Å². The number of hydrogen-bond acceptors (Lipinski definition) is 3. The Labute approximate surface area is 95.1 Å². The predicted octanol–water partition coefficient (Wildman–Crippen LogP) is 2.57. The van der Waals surface area contributed by atoms with Crippen molar-refractivity contribution in [3.8, 4) is 6.07 Å².